The van der Waals surface area contributed by atoms with Crippen molar-refractivity contribution >= 4 is 13.6 Å². The molecule has 0 saturated carbocycles. The maximum Gasteiger partial charge on any atom is 0.351 e. The number of hydrogen-bond acceptors (Lipinski definition) is 11. The zero-order valence-electron chi connectivity index (χ0n) is 21.6. The van der Waals surface area contributed by atoms with Crippen molar-refractivity contribution in [3.63, 3.8) is 0 Å². The Kier molecular flexibility index (Phi) is 8.55. The van der Waals surface area contributed by atoms with Crippen LogP contribution in [0.4, 0.5) is 0 Å². The van der Waals surface area contributed by atoms with Gasteiger partial charge in [-0.2, -0.15) is 0 Å². The Bertz CT molecular complexity index is 765. The van der Waals surface area contributed by atoms with Crippen molar-refractivity contribution in [3.8, 4) is 0 Å². The minimum absolute atomic E-state index is 0.156. The fourth-order valence-electron chi connectivity index (χ4n) is 4.74. The van der Waals surface area contributed by atoms with Crippen molar-refractivity contribution in [2.45, 2.75) is 110 Å². The zero-order valence-corrected chi connectivity index (χ0v) is 22.5. The van der Waals surface area contributed by atoms with Gasteiger partial charge >= 0.3 is 13.6 Å². The summed E-state index contributed by atoms with van der Waals surface area (Å²) in [6.45, 7) is 16.3. The number of rotatable bonds is 10. The van der Waals surface area contributed by atoms with Crippen molar-refractivity contribution in [1.82, 2.24) is 5.06 Å². The first kappa shape index (κ1) is 28.0. The lowest BCUT2D eigenvalue weighted by Crippen LogP contribution is -2.52. The lowest BCUT2D eigenvalue weighted by atomic mass is 10.1. The van der Waals surface area contributed by atoms with E-state index in [9.17, 15) is 9.36 Å². The van der Waals surface area contributed by atoms with Gasteiger partial charge in [-0.3, -0.25) is 9.36 Å². The maximum absolute atomic E-state index is 13.9. The second-order valence-electron chi connectivity index (χ2n) is 9.90. The molecular weight excluding hydrogens is 469 g/mol. The highest BCUT2D eigenvalue weighted by molar-refractivity contribution is 7.54. The Morgan fingerprint density at radius 2 is 1.59 bits per heavy atom. The molecule has 6 atom stereocenters. The molecule has 11 nitrogen and oxygen atoms in total. The van der Waals surface area contributed by atoms with Gasteiger partial charge in [0.25, 0.3) is 0 Å². The van der Waals surface area contributed by atoms with Crippen LogP contribution in [0.3, 0.4) is 0 Å². The van der Waals surface area contributed by atoms with Crippen molar-refractivity contribution < 1.29 is 46.9 Å². The summed E-state index contributed by atoms with van der Waals surface area (Å²) in [6.07, 6.45) is -3.17. The molecule has 34 heavy (non-hydrogen) atoms. The molecule has 3 aliphatic heterocycles. The molecule has 12 heteroatoms. The first-order valence-corrected chi connectivity index (χ1v) is 13.5. The van der Waals surface area contributed by atoms with E-state index >= 15 is 0 Å². The molecule has 0 aliphatic carbocycles. The minimum atomic E-state index is -3.77. The van der Waals surface area contributed by atoms with Crippen molar-refractivity contribution in [1.29, 1.82) is 0 Å². The molecule has 198 valence electrons. The molecule has 3 saturated heterocycles. The van der Waals surface area contributed by atoms with Crippen LogP contribution in [0.15, 0.2) is 0 Å². The zero-order chi connectivity index (χ0) is 25.5. The smallest absolute Gasteiger partial charge is 0.351 e. The summed E-state index contributed by atoms with van der Waals surface area (Å²) in [4.78, 5) is 17.9. The number of nitrogens with zero attached hydrogens (tertiary/aromatic N) is 1. The SMILES string of the molecule is CCOP(=O)(OCC)C(C(C)C)N(OC(C)=O)[C@H]1O[C@H](C2COC(C)(C)O2)[C@@H]2OC(C)(C)O[C@@H]21. The molecule has 3 aliphatic rings. The summed E-state index contributed by atoms with van der Waals surface area (Å²) in [5, 5.41) is 1.28. The number of hydroxylamine groups is 2. The van der Waals surface area contributed by atoms with Gasteiger partial charge in [0.1, 0.15) is 24.4 Å². The van der Waals surface area contributed by atoms with E-state index in [-0.39, 0.29) is 19.1 Å². The molecule has 0 bridgehead atoms. The third kappa shape index (κ3) is 5.85. The summed E-state index contributed by atoms with van der Waals surface area (Å²) in [5.74, 6) is -3.54. The van der Waals surface area contributed by atoms with Gasteiger partial charge in [-0.15, -0.1) is 0 Å². The Morgan fingerprint density at radius 3 is 2.06 bits per heavy atom. The largest absolute Gasteiger partial charge is 0.365 e. The molecule has 3 rings (SSSR count). The normalized spacial score (nSPS) is 33.4. The standard InChI is InChI=1S/C22H40NO10P/c1-10-27-34(25,28-11-2)20(13(3)4)23(33-14(5)24)19-18-17(31-22(8,9)32-18)16(29-19)15-12-26-21(6,7)30-15/h13,15-20H,10-12H2,1-9H3/t15?,16-,17+,18+,19+,20?/m1/s1. The highest BCUT2D eigenvalue weighted by Gasteiger charge is 2.63. The fourth-order valence-corrected chi connectivity index (χ4v) is 7.03. The number of carbonyl (C=O) groups is 1. The number of hydrogen-bond donors (Lipinski definition) is 0. The first-order chi connectivity index (χ1) is 15.7. The average Bonchev–Trinajstić information content (AvgIpc) is 3.30. The fraction of sp³-hybridized carbons (Fsp3) is 0.955. The molecule has 0 aromatic heterocycles. The van der Waals surface area contributed by atoms with Crippen molar-refractivity contribution in [3.05, 3.63) is 0 Å². The van der Waals surface area contributed by atoms with Gasteiger partial charge in [-0.1, -0.05) is 18.9 Å². The van der Waals surface area contributed by atoms with Crippen LogP contribution in [-0.2, 0) is 46.9 Å². The van der Waals surface area contributed by atoms with Gasteiger partial charge in [-0.25, -0.2) is 0 Å². The predicted octanol–water partition coefficient (Wildman–Crippen LogP) is 3.41. The lowest BCUT2D eigenvalue weighted by molar-refractivity contribution is -0.287. The van der Waals surface area contributed by atoms with E-state index in [1.165, 1.54) is 12.0 Å². The Hall–Kier alpha value is -0.620. The summed E-state index contributed by atoms with van der Waals surface area (Å²) in [6, 6.07) is 0. The van der Waals surface area contributed by atoms with E-state index in [2.05, 4.69) is 0 Å². The van der Waals surface area contributed by atoms with Crippen LogP contribution in [0.1, 0.15) is 62.3 Å². The third-order valence-corrected chi connectivity index (χ3v) is 8.45. The van der Waals surface area contributed by atoms with Crippen LogP contribution in [0.2, 0.25) is 0 Å². The van der Waals surface area contributed by atoms with Crippen LogP contribution in [-0.4, -0.2) is 78.9 Å². The van der Waals surface area contributed by atoms with Crippen LogP contribution in [0, 0.1) is 5.92 Å². The second kappa shape index (κ2) is 10.4. The molecule has 0 radical (unpaired) electrons. The van der Waals surface area contributed by atoms with E-state index < -0.39 is 61.6 Å². The van der Waals surface area contributed by atoms with Gasteiger partial charge in [0.15, 0.2) is 23.6 Å². The first-order valence-electron chi connectivity index (χ1n) is 11.9. The summed E-state index contributed by atoms with van der Waals surface area (Å²) >= 11 is 0. The Labute approximate surface area is 202 Å². The average molecular weight is 510 g/mol. The molecular formula is C22H40NO10P. The molecule has 3 heterocycles. The second-order valence-corrected chi connectivity index (χ2v) is 12.0. The van der Waals surface area contributed by atoms with Gasteiger partial charge < -0.3 is 37.6 Å². The highest BCUT2D eigenvalue weighted by Crippen LogP contribution is 2.58. The highest BCUT2D eigenvalue weighted by atomic mass is 31.2. The van der Waals surface area contributed by atoms with Crippen LogP contribution >= 0.6 is 7.60 Å². The van der Waals surface area contributed by atoms with Gasteiger partial charge in [0.05, 0.1) is 19.8 Å². The molecule has 0 amide bonds. The van der Waals surface area contributed by atoms with E-state index in [0.717, 1.165) is 0 Å². The summed E-state index contributed by atoms with van der Waals surface area (Å²) in [5.41, 5.74) is 0. The van der Waals surface area contributed by atoms with E-state index in [0.29, 0.717) is 6.61 Å². The molecule has 0 N–H and O–H groups in total. The van der Waals surface area contributed by atoms with E-state index in [4.69, 9.17) is 37.6 Å². The summed E-state index contributed by atoms with van der Waals surface area (Å²) < 4.78 is 55.8. The number of carbonyl (C=O) groups excluding carboxylic acids is 1. The monoisotopic (exact) mass is 509 g/mol. The molecule has 0 aromatic carbocycles. The van der Waals surface area contributed by atoms with E-state index in [1.807, 2.05) is 27.7 Å². The third-order valence-electron chi connectivity index (χ3n) is 5.75. The van der Waals surface area contributed by atoms with Crippen LogP contribution in [0.25, 0.3) is 0 Å². The minimum Gasteiger partial charge on any atom is -0.365 e. The van der Waals surface area contributed by atoms with E-state index in [1.54, 1.807) is 27.7 Å². The quantitative estimate of drug-likeness (QED) is 0.319. The number of fused-ring (bicyclic) bond motifs is 1. The van der Waals surface area contributed by atoms with Gasteiger partial charge in [0, 0.05) is 6.92 Å². The van der Waals surface area contributed by atoms with Crippen molar-refractivity contribution in [2.24, 2.45) is 5.92 Å². The van der Waals surface area contributed by atoms with Gasteiger partial charge in [0.2, 0.25) is 0 Å². The lowest BCUT2D eigenvalue weighted by Gasteiger charge is -2.40. The summed E-state index contributed by atoms with van der Waals surface area (Å²) in [7, 11) is -3.77. The predicted molar refractivity (Wildman–Crippen MR) is 120 cm³/mol. The van der Waals surface area contributed by atoms with Crippen LogP contribution in [0.5, 0.6) is 0 Å². The Balaban J connectivity index is 2.01. The van der Waals surface area contributed by atoms with Crippen molar-refractivity contribution in [2.75, 3.05) is 19.8 Å². The van der Waals surface area contributed by atoms with Crippen LogP contribution < -0.4 is 0 Å². The molecule has 3 fully saturated rings. The topological polar surface area (TPSA) is 111 Å². The maximum atomic E-state index is 13.9. The number of ether oxygens (including phenoxy) is 5. The molecule has 0 aromatic rings. The van der Waals surface area contributed by atoms with Gasteiger partial charge in [-0.05, 0) is 47.5 Å². The Morgan fingerprint density at radius 1 is 1.00 bits per heavy atom. The molecule has 0 spiro atoms. The molecule has 2 unspecified atom stereocenters.